The minimum Gasteiger partial charge on any atom is -0.497 e. The van der Waals surface area contributed by atoms with Crippen molar-refractivity contribution in [1.82, 2.24) is 9.97 Å². The van der Waals surface area contributed by atoms with Crippen LogP contribution in [0.1, 0.15) is 0 Å². The third-order valence-electron chi connectivity index (χ3n) is 3.11. The molecule has 4 nitrogen and oxygen atoms in total. The number of hydrogen-bond acceptors (Lipinski definition) is 5. The van der Waals surface area contributed by atoms with Crippen LogP contribution in [0.4, 0.5) is 0 Å². The Morgan fingerprint density at radius 1 is 1.00 bits per heavy atom. The molecule has 5 heteroatoms. The van der Waals surface area contributed by atoms with Crippen molar-refractivity contribution in [2.24, 2.45) is 0 Å². The van der Waals surface area contributed by atoms with E-state index in [1.807, 2.05) is 35.7 Å². The van der Waals surface area contributed by atoms with Crippen LogP contribution in [0.2, 0.25) is 0 Å². The summed E-state index contributed by atoms with van der Waals surface area (Å²) in [5, 5.41) is 2.98. The van der Waals surface area contributed by atoms with Crippen molar-refractivity contribution >= 4 is 11.3 Å². The molecule has 2 aromatic heterocycles. The number of hydrogen-bond donors (Lipinski definition) is 0. The maximum absolute atomic E-state index is 5.41. The zero-order valence-electron chi connectivity index (χ0n) is 11.7. The Balaban J connectivity index is 2.04. The van der Waals surface area contributed by atoms with E-state index < -0.39 is 0 Å². The zero-order valence-corrected chi connectivity index (χ0v) is 12.6. The summed E-state index contributed by atoms with van der Waals surface area (Å²) in [6, 6.07) is 9.60. The highest BCUT2D eigenvalue weighted by Crippen LogP contribution is 2.35. The number of aromatic nitrogens is 2. The second kappa shape index (κ2) is 5.93. The SMILES string of the molecule is COc1ccc(OC)c(-c2csc(-c3ccncc3)n2)c1. The molecular formula is C16H14N2O2S. The third-order valence-corrected chi connectivity index (χ3v) is 4.01. The van der Waals surface area contributed by atoms with Gasteiger partial charge in [0.1, 0.15) is 16.5 Å². The van der Waals surface area contributed by atoms with E-state index in [4.69, 9.17) is 9.47 Å². The Labute approximate surface area is 127 Å². The maximum Gasteiger partial charge on any atom is 0.128 e. The van der Waals surface area contributed by atoms with Crippen molar-refractivity contribution < 1.29 is 9.47 Å². The van der Waals surface area contributed by atoms with E-state index in [2.05, 4.69) is 9.97 Å². The second-order valence-electron chi connectivity index (χ2n) is 4.34. The van der Waals surface area contributed by atoms with Gasteiger partial charge in [-0.1, -0.05) is 0 Å². The quantitative estimate of drug-likeness (QED) is 0.733. The first-order valence-electron chi connectivity index (χ1n) is 6.40. The summed E-state index contributed by atoms with van der Waals surface area (Å²) in [5.41, 5.74) is 2.86. The minimum atomic E-state index is 0.780. The number of benzene rings is 1. The smallest absolute Gasteiger partial charge is 0.128 e. The molecule has 0 amide bonds. The van der Waals surface area contributed by atoms with E-state index in [1.54, 1.807) is 38.0 Å². The second-order valence-corrected chi connectivity index (χ2v) is 5.20. The highest BCUT2D eigenvalue weighted by atomic mass is 32.1. The van der Waals surface area contributed by atoms with Gasteiger partial charge in [0.15, 0.2) is 0 Å². The van der Waals surface area contributed by atoms with Crippen molar-refractivity contribution in [3.8, 4) is 33.3 Å². The fourth-order valence-corrected chi connectivity index (χ4v) is 2.86. The number of thiazole rings is 1. The molecule has 1 aromatic carbocycles. The van der Waals surface area contributed by atoms with Gasteiger partial charge in [-0.3, -0.25) is 4.98 Å². The fraction of sp³-hybridized carbons (Fsp3) is 0.125. The van der Waals surface area contributed by atoms with Gasteiger partial charge in [-0.15, -0.1) is 11.3 Å². The first-order chi connectivity index (χ1) is 10.3. The molecular weight excluding hydrogens is 284 g/mol. The van der Waals surface area contributed by atoms with E-state index in [-0.39, 0.29) is 0 Å². The lowest BCUT2D eigenvalue weighted by molar-refractivity contribution is 0.404. The zero-order chi connectivity index (χ0) is 14.7. The average molecular weight is 298 g/mol. The van der Waals surface area contributed by atoms with E-state index >= 15 is 0 Å². The molecule has 21 heavy (non-hydrogen) atoms. The molecule has 0 aliphatic rings. The van der Waals surface area contributed by atoms with Crippen molar-refractivity contribution in [3.63, 3.8) is 0 Å². The first-order valence-corrected chi connectivity index (χ1v) is 7.28. The average Bonchev–Trinajstić information content (AvgIpc) is 3.05. The van der Waals surface area contributed by atoms with E-state index in [0.717, 1.165) is 33.3 Å². The largest absolute Gasteiger partial charge is 0.497 e. The molecule has 0 aliphatic carbocycles. The standard InChI is InChI=1S/C16H14N2O2S/c1-19-12-3-4-15(20-2)13(9-12)14-10-21-16(18-14)11-5-7-17-8-6-11/h3-10H,1-2H3. The molecule has 0 N–H and O–H groups in total. The third kappa shape index (κ3) is 2.73. The Bertz CT molecular complexity index is 741. The molecule has 2 heterocycles. The summed E-state index contributed by atoms with van der Waals surface area (Å²) in [6.07, 6.45) is 3.53. The van der Waals surface area contributed by atoms with Crippen molar-refractivity contribution in [1.29, 1.82) is 0 Å². The topological polar surface area (TPSA) is 44.2 Å². The molecule has 3 rings (SSSR count). The van der Waals surface area contributed by atoms with E-state index in [9.17, 15) is 0 Å². The number of pyridine rings is 1. The predicted molar refractivity (Wildman–Crippen MR) is 83.9 cm³/mol. The molecule has 0 atom stereocenters. The molecule has 0 saturated carbocycles. The lowest BCUT2D eigenvalue weighted by atomic mass is 10.1. The molecule has 3 aromatic rings. The number of rotatable bonds is 4. The fourth-order valence-electron chi connectivity index (χ4n) is 2.04. The van der Waals surface area contributed by atoms with Gasteiger partial charge in [0.05, 0.1) is 19.9 Å². The van der Waals surface area contributed by atoms with Gasteiger partial charge in [0.25, 0.3) is 0 Å². The molecule has 0 aliphatic heterocycles. The lowest BCUT2D eigenvalue weighted by Crippen LogP contribution is -1.90. The molecule has 0 unspecified atom stereocenters. The van der Waals surface area contributed by atoms with Crippen LogP contribution in [0.15, 0.2) is 48.1 Å². The Morgan fingerprint density at radius 3 is 2.52 bits per heavy atom. The van der Waals surface area contributed by atoms with Crippen LogP contribution in [0.5, 0.6) is 11.5 Å². The van der Waals surface area contributed by atoms with Crippen molar-refractivity contribution in [2.75, 3.05) is 14.2 Å². The lowest BCUT2D eigenvalue weighted by Gasteiger charge is -2.08. The summed E-state index contributed by atoms with van der Waals surface area (Å²) in [4.78, 5) is 8.72. The molecule has 0 bridgehead atoms. The molecule has 0 fully saturated rings. The van der Waals surface area contributed by atoms with Crippen LogP contribution in [-0.4, -0.2) is 24.2 Å². The van der Waals surface area contributed by atoms with Gasteiger partial charge in [-0.25, -0.2) is 4.98 Å². The minimum absolute atomic E-state index is 0.780. The van der Waals surface area contributed by atoms with E-state index in [0.29, 0.717) is 0 Å². The monoisotopic (exact) mass is 298 g/mol. The van der Waals surface area contributed by atoms with Gasteiger partial charge in [-0.2, -0.15) is 0 Å². The number of nitrogens with zero attached hydrogens (tertiary/aromatic N) is 2. The van der Waals surface area contributed by atoms with Gasteiger partial charge in [-0.05, 0) is 30.3 Å². The maximum atomic E-state index is 5.41. The Morgan fingerprint density at radius 2 is 1.81 bits per heavy atom. The molecule has 0 radical (unpaired) electrons. The van der Waals surface area contributed by atoms with Crippen LogP contribution in [0.25, 0.3) is 21.8 Å². The summed E-state index contributed by atoms with van der Waals surface area (Å²) in [7, 11) is 3.30. The number of methoxy groups -OCH3 is 2. The Hall–Kier alpha value is -2.40. The summed E-state index contributed by atoms with van der Waals surface area (Å²) >= 11 is 1.59. The summed E-state index contributed by atoms with van der Waals surface area (Å²) in [5.74, 6) is 1.56. The molecule has 0 saturated heterocycles. The van der Waals surface area contributed by atoms with Crippen LogP contribution < -0.4 is 9.47 Å². The number of ether oxygens (including phenoxy) is 2. The van der Waals surface area contributed by atoms with Crippen LogP contribution in [-0.2, 0) is 0 Å². The van der Waals surface area contributed by atoms with Gasteiger partial charge >= 0.3 is 0 Å². The summed E-state index contributed by atoms with van der Waals surface area (Å²) < 4.78 is 10.7. The van der Waals surface area contributed by atoms with Crippen molar-refractivity contribution in [2.45, 2.75) is 0 Å². The van der Waals surface area contributed by atoms with Crippen LogP contribution in [0, 0.1) is 0 Å². The van der Waals surface area contributed by atoms with E-state index in [1.165, 1.54) is 0 Å². The molecule has 106 valence electrons. The normalized spacial score (nSPS) is 10.4. The molecule has 0 spiro atoms. The highest BCUT2D eigenvalue weighted by Gasteiger charge is 2.12. The van der Waals surface area contributed by atoms with Crippen molar-refractivity contribution in [3.05, 3.63) is 48.1 Å². The van der Waals surface area contributed by atoms with Crippen LogP contribution >= 0.6 is 11.3 Å². The van der Waals surface area contributed by atoms with Gasteiger partial charge in [0.2, 0.25) is 0 Å². The first kappa shape index (κ1) is 13.6. The highest BCUT2D eigenvalue weighted by molar-refractivity contribution is 7.13. The van der Waals surface area contributed by atoms with Gasteiger partial charge < -0.3 is 9.47 Å². The predicted octanol–water partition coefficient (Wildman–Crippen LogP) is 3.89. The van der Waals surface area contributed by atoms with Crippen LogP contribution in [0.3, 0.4) is 0 Å². The summed E-state index contributed by atoms with van der Waals surface area (Å²) in [6.45, 7) is 0. The van der Waals surface area contributed by atoms with Gasteiger partial charge in [0, 0.05) is 28.9 Å². The Kier molecular flexibility index (Phi) is 3.83.